The van der Waals surface area contributed by atoms with Gasteiger partial charge in [0, 0.05) is 24.1 Å². The van der Waals surface area contributed by atoms with E-state index in [0.717, 1.165) is 15.1 Å². The zero-order chi connectivity index (χ0) is 17.6. The molecule has 0 fully saturated rings. The van der Waals surface area contributed by atoms with E-state index in [2.05, 4.69) is 28.6 Å². The van der Waals surface area contributed by atoms with Crippen molar-refractivity contribution in [2.24, 2.45) is 4.99 Å². The number of para-hydroxylation sites is 1. The fraction of sp³-hybridized carbons (Fsp3) is 0.263. The van der Waals surface area contributed by atoms with Gasteiger partial charge < -0.3 is 9.30 Å². The van der Waals surface area contributed by atoms with Crippen molar-refractivity contribution in [3.05, 3.63) is 57.0 Å². The van der Waals surface area contributed by atoms with E-state index in [1.807, 2.05) is 30.5 Å². The van der Waals surface area contributed by atoms with Crippen molar-refractivity contribution in [3.63, 3.8) is 0 Å². The Morgan fingerprint density at radius 2 is 2.20 bits per heavy atom. The summed E-state index contributed by atoms with van der Waals surface area (Å²) in [6.07, 6.45) is 3.33. The number of amides is 1. The fourth-order valence-corrected chi connectivity index (χ4v) is 4.33. The molecular weight excluding hydrogens is 352 g/mol. The minimum atomic E-state index is -0.247. The van der Waals surface area contributed by atoms with Gasteiger partial charge in [0.05, 0.1) is 16.8 Å². The number of thiazole rings is 1. The molecule has 0 bridgehead atoms. The highest BCUT2D eigenvalue weighted by Crippen LogP contribution is 2.21. The summed E-state index contributed by atoms with van der Waals surface area (Å²) in [5.74, 6) is -0.247. The largest absolute Gasteiger partial charge is 0.380 e. The number of rotatable bonds is 6. The van der Waals surface area contributed by atoms with Gasteiger partial charge in [0.1, 0.15) is 0 Å². The van der Waals surface area contributed by atoms with E-state index in [-0.39, 0.29) is 5.91 Å². The quantitative estimate of drug-likeness (QED) is 0.480. The monoisotopic (exact) mass is 372 g/mol. The molecule has 0 aliphatic carbocycles. The Labute approximate surface area is 154 Å². The molecule has 0 saturated carbocycles. The van der Waals surface area contributed by atoms with Gasteiger partial charge in [-0.3, -0.25) is 4.79 Å². The summed E-state index contributed by atoms with van der Waals surface area (Å²) in [6, 6.07) is 10.1. The summed E-state index contributed by atoms with van der Waals surface area (Å²) in [5.41, 5.74) is 2.30. The third-order valence-corrected chi connectivity index (χ3v) is 5.59. The van der Waals surface area contributed by atoms with E-state index >= 15 is 0 Å². The number of carbonyl (C=O) groups excluding carboxylic acids is 1. The summed E-state index contributed by atoms with van der Waals surface area (Å²) < 4.78 is 8.71. The van der Waals surface area contributed by atoms with Crippen LogP contribution in [0.4, 0.5) is 0 Å². The van der Waals surface area contributed by atoms with Crippen molar-refractivity contribution in [2.45, 2.75) is 20.4 Å². The van der Waals surface area contributed by atoms with Crippen LogP contribution in [0.15, 0.2) is 46.8 Å². The molecule has 0 N–H and O–H groups in total. The van der Waals surface area contributed by atoms with E-state index in [0.29, 0.717) is 24.6 Å². The molecule has 4 nitrogen and oxygen atoms in total. The lowest BCUT2D eigenvalue weighted by atomic mass is 10.2. The van der Waals surface area contributed by atoms with Crippen molar-refractivity contribution < 1.29 is 9.53 Å². The summed E-state index contributed by atoms with van der Waals surface area (Å²) in [5, 5.41) is 1.98. The zero-order valence-corrected chi connectivity index (χ0v) is 15.9. The van der Waals surface area contributed by atoms with Crippen molar-refractivity contribution in [1.29, 1.82) is 0 Å². The molecule has 2 aromatic heterocycles. The molecule has 1 amide bonds. The maximum absolute atomic E-state index is 12.3. The third kappa shape index (κ3) is 4.34. The normalized spacial score (nSPS) is 12.5. The van der Waals surface area contributed by atoms with Crippen LogP contribution >= 0.6 is 22.7 Å². The van der Waals surface area contributed by atoms with E-state index in [4.69, 9.17) is 4.74 Å². The molecule has 2 heterocycles. The first-order valence-electron chi connectivity index (χ1n) is 8.16. The predicted octanol–water partition coefficient (Wildman–Crippen LogP) is 4.25. The lowest BCUT2D eigenvalue weighted by Gasteiger charge is -2.07. The first-order chi connectivity index (χ1) is 12.2. The lowest BCUT2D eigenvalue weighted by Crippen LogP contribution is -2.19. The average molecular weight is 373 g/mol. The maximum Gasteiger partial charge on any atom is 0.272 e. The number of fused-ring (bicyclic) bond motifs is 1. The van der Waals surface area contributed by atoms with Gasteiger partial charge in [0.25, 0.3) is 5.91 Å². The van der Waals surface area contributed by atoms with Gasteiger partial charge >= 0.3 is 0 Å². The maximum atomic E-state index is 12.3. The first kappa shape index (κ1) is 17.8. The van der Waals surface area contributed by atoms with E-state index in [1.54, 1.807) is 17.4 Å². The van der Waals surface area contributed by atoms with Crippen LogP contribution in [0.3, 0.4) is 0 Å². The van der Waals surface area contributed by atoms with Crippen LogP contribution in [0.5, 0.6) is 0 Å². The molecule has 0 aliphatic heterocycles. The van der Waals surface area contributed by atoms with Crippen molar-refractivity contribution in [2.75, 3.05) is 13.2 Å². The van der Waals surface area contributed by atoms with Gasteiger partial charge in [0.15, 0.2) is 4.80 Å². The molecule has 0 aliphatic rings. The standard InChI is InChI=1S/C19H20N2O2S2/c1-3-23-12-11-21-18-14(2)6-4-8-16(18)25-19(21)20-17(22)10-9-15-7-5-13-24-15/h4-10,13H,3,11-12H2,1-2H3/b10-9+,20-19?. The SMILES string of the molecule is CCOCCn1c(=NC(=O)/C=C/c2cccs2)sc2cccc(C)c21. The smallest absolute Gasteiger partial charge is 0.272 e. The van der Waals surface area contributed by atoms with E-state index < -0.39 is 0 Å². The topological polar surface area (TPSA) is 43.6 Å². The fourth-order valence-electron chi connectivity index (χ4n) is 2.57. The van der Waals surface area contributed by atoms with Crippen LogP contribution in [-0.2, 0) is 16.1 Å². The number of benzene rings is 1. The Hall–Kier alpha value is -2.02. The Morgan fingerprint density at radius 3 is 2.96 bits per heavy atom. The predicted molar refractivity (Wildman–Crippen MR) is 105 cm³/mol. The molecule has 25 heavy (non-hydrogen) atoms. The third-order valence-electron chi connectivity index (χ3n) is 3.71. The molecule has 1 aromatic carbocycles. The molecule has 130 valence electrons. The number of nitrogens with zero attached hydrogens (tertiary/aromatic N) is 2. The number of thiophene rings is 1. The summed E-state index contributed by atoms with van der Waals surface area (Å²) in [6.45, 7) is 6.01. The van der Waals surface area contributed by atoms with Gasteiger partial charge in [-0.2, -0.15) is 4.99 Å². The summed E-state index contributed by atoms with van der Waals surface area (Å²) in [7, 11) is 0. The molecule has 0 spiro atoms. The van der Waals surface area contributed by atoms with Crippen molar-refractivity contribution in [1.82, 2.24) is 4.57 Å². The van der Waals surface area contributed by atoms with Crippen LogP contribution in [-0.4, -0.2) is 23.7 Å². The average Bonchev–Trinajstić information content (AvgIpc) is 3.22. The zero-order valence-electron chi connectivity index (χ0n) is 14.3. The second-order valence-electron chi connectivity index (χ2n) is 5.45. The first-order valence-corrected chi connectivity index (χ1v) is 9.85. The summed E-state index contributed by atoms with van der Waals surface area (Å²) >= 11 is 3.13. The van der Waals surface area contributed by atoms with E-state index in [9.17, 15) is 4.79 Å². The van der Waals surface area contributed by atoms with Crippen LogP contribution in [0.1, 0.15) is 17.4 Å². The van der Waals surface area contributed by atoms with Gasteiger partial charge in [-0.25, -0.2) is 0 Å². The molecule has 0 saturated heterocycles. The van der Waals surface area contributed by atoms with Crippen LogP contribution in [0.2, 0.25) is 0 Å². The number of aromatic nitrogens is 1. The second-order valence-corrected chi connectivity index (χ2v) is 7.44. The number of carbonyl (C=O) groups is 1. The second kappa shape index (κ2) is 8.38. The minimum Gasteiger partial charge on any atom is -0.380 e. The molecule has 3 aromatic rings. The van der Waals surface area contributed by atoms with Gasteiger partial charge in [-0.1, -0.05) is 29.5 Å². The number of ether oxygens (including phenoxy) is 1. The number of hydrogen-bond donors (Lipinski definition) is 0. The van der Waals surface area contributed by atoms with Crippen molar-refractivity contribution in [3.8, 4) is 0 Å². The molecule has 0 radical (unpaired) electrons. The van der Waals surface area contributed by atoms with Gasteiger partial charge in [0.2, 0.25) is 0 Å². The van der Waals surface area contributed by atoms with E-state index in [1.165, 1.54) is 23.0 Å². The van der Waals surface area contributed by atoms with Gasteiger partial charge in [-0.05, 0) is 43.0 Å². The Morgan fingerprint density at radius 1 is 1.32 bits per heavy atom. The van der Waals surface area contributed by atoms with Crippen molar-refractivity contribution >= 4 is 44.9 Å². The molecule has 3 rings (SSSR count). The Kier molecular flexibility index (Phi) is 5.96. The van der Waals surface area contributed by atoms with Crippen LogP contribution in [0.25, 0.3) is 16.3 Å². The summed E-state index contributed by atoms with van der Waals surface area (Å²) in [4.78, 5) is 18.3. The highest BCUT2D eigenvalue weighted by Gasteiger charge is 2.09. The van der Waals surface area contributed by atoms with Crippen LogP contribution in [0, 0.1) is 6.92 Å². The molecule has 0 atom stereocenters. The minimum absolute atomic E-state index is 0.247. The molecule has 0 unspecified atom stereocenters. The van der Waals surface area contributed by atoms with Gasteiger partial charge in [-0.15, -0.1) is 11.3 Å². The number of aryl methyl sites for hydroxylation is 1. The Balaban J connectivity index is 1.97. The molecular formula is C19H20N2O2S2. The lowest BCUT2D eigenvalue weighted by molar-refractivity contribution is -0.113. The molecule has 6 heteroatoms. The van der Waals surface area contributed by atoms with Crippen LogP contribution < -0.4 is 4.80 Å². The highest BCUT2D eigenvalue weighted by molar-refractivity contribution is 7.16. The Bertz CT molecular complexity index is 950. The number of hydrogen-bond acceptors (Lipinski definition) is 4. The highest BCUT2D eigenvalue weighted by atomic mass is 32.1.